The van der Waals surface area contributed by atoms with Crippen molar-refractivity contribution in [2.75, 3.05) is 6.54 Å². The number of hydrogen-bond acceptors (Lipinski definition) is 1. The summed E-state index contributed by atoms with van der Waals surface area (Å²) < 4.78 is 0. The molecule has 0 aliphatic carbocycles. The van der Waals surface area contributed by atoms with E-state index in [4.69, 9.17) is 5.73 Å². The lowest BCUT2D eigenvalue weighted by atomic mass is 10.1. The van der Waals surface area contributed by atoms with Gasteiger partial charge in [-0.1, -0.05) is 45.0 Å². The third-order valence-corrected chi connectivity index (χ3v) is 2.61. The molecule has 0 amide bonds. The minimum atomic E-state index is 0. The maximum absolute atomic E-state index is 5.80. The summed E-state index contributed by atoms with van der Waals surface area (Å²) in [4.78, 5) is 4.36. The predicted molar refractivity (Wildman–Crippen MR) is 89.4 cm³/mol. The van der Waals surface area contributed by atoms with Crippen molar-refractivity contribution in [3.05, 3.63) is 35.4 Å². The number of nitrogens with zero attached hydrogens (tertiary/aromatic N) is 1. The van der Waals surface area contributed by atoms with Crippen LogP contribution in [0, 0.1) is 5.92 Å². The van der Waals surface area contributed by atoms with E-state index in [1.807, 2.05) is 6.07 Å². The highest BCUT2D eigenvalue weighted by Crippen LogP contribution is 2.10. The van der Waals surface area contributed by atoms with Crippen molar-refractivity contribution in [1.29, 1.82) is 0 Å². The highest BCUT2D eigenvalue weighted by atomic mass is 127. The van der Waals surface area contributed by atoms with Gasteiger partial charge in [-0.15, -0.1) is 24.0 Å². The average molecular weight is 361 g/mol. The lowest BCUT2D eigenvalue weighted by Gasteiger charge is -2.09. The smallest absolute Gasteiger partial charge is 0.188 e. The Morgan fingerprint density at radius 1 is 1.28 bits per heavy atom. The molecule has 3 nitrogen and oxygen atoms in total. The topological polar surface area (TPSA) is 50.4 Å². The third-order valence-electron chi connectivity index (χ3n) is 2.61. The summed E-state index contributed by atoms with van der Waals surface area (Å²) in [6, 6.07) is 8.36. The first kappa shape index (κ1) is 17.2. The number of nitrogens with two attached hydrogens (primary N) is 1. The van der Waals surface area contributed by atoms with Crippen LogP contribution in [0.2, 0.25) is 0 Å². The molecule has 0 spiro atoms. The van der Waals surface area contributed by atoms with Crippen molar-refractivity contribution < 1.29 is 0 Å². The lowest BCUT2D eigenvalue weighted by Crippen LogP contribution is -2.34. The van der Waals surface area contributed by atoms with Gasteiger partial charge in [0.1, 0.15) is 0 Å². The van der Waals surface area contributed by atoms with Crippen LogP contribution in [-0.2, 0) is 13.0 Å². The Balaban J connectivity index is 0.00000289. The summed E-state index contributed by atoms with van der Waals surface area (Å²) in [5.41, 5.74) is 8.39. The Bertz CT molecular complexity index is 375. The minimum Gasteiger partial charge on any atom is -0.370 e. The zero-order chi connectivity index (χ0) is 12.7. The van der Waals surface area contributed by atoms with E-state index in [-0.39, 0.29) is 24.0 Å². The Morgan fingerprint density at radius 3 is 2.44 bits per heavy atom. The molecular formula is C14H24IN3. The number of nitrogens with one attached hydrogen (secondary N) is 1. The van der Waals surface area contributed by atoms with E-state index in [9.17, 15) is 0 Å². The molecule has 0 atom stereocenters. The summed E-state index contributed by atoms with van der Waals surface area (Å²) in [6.07, 6.45) is 1.03. The molecule has 0 aromatic heterocycles. The SMILES string of the molecule is CCc1ccccc1CN=C(N)NCC(C)C.I. The fourth-order valence-corrected chi connectivity index (χ4v) is 1.59. The van der Waals surface area contributed by atoms with Crippen LogP contribution in [0.25, 0.3) is 0 Å². The van der Waals surface area contributed by atoms with Crippen molar-refractivity contribution in [2.24, 2.45) is 16.6 Å². The molecule has 0 unspecified atom stereocenters. The minimum absolute atomic E-state index is 0. The molecule has 1 aromatic rings. The molecule has 0 radical (unpaired) electrons. The van der Waals surface area contributed by atoms with Gasteiger partial charge in [0.25, 0.3) is 0 Å². The number of rotatable bonds is 5. The maximum Gasteiger partial charge on any atom is 0.188 e. The summed E-state index contributed by atoms with van der Waals surface area (Å²) >= 11 is 0. The van der Waals surface area contributed by atoms with E-state index < -0.39 is 0 Å². The van der Waals surface area contributed by atoms with Crippen LogP contribution in [0.1, 0.15) is 31.9 Å². The molecule has 1 rings (SSSR count). The Morgan fingerprint density at radius 2 is 1.89 bits per heavy atom. The molecule has 102 valence electrons. The summed E-state index contributed by atoms with van der Waals surface area (Å²) in [5, 5.41) is 3.12. The van der Waals surface area contributed by atoms with Gasteiger partial charge in [-0.3, -0.25) is 0 Å². The molecular weight excluding hydrogens is 337 g/mol. The largest absolute Gasteiger partial charge is 0.370 e. The van der Waals surface area contributed by atoms with Crippen molar-refractivity contribution >= 4 is 29.9 Å². The maximum atomic E-state index is 5.80. The summed E-state index contributed by atoms with van der Waals surface area (Å²) in [5.74, 6) is 1.11. The van der Waals surface area contributed by atoms with Gasteiger partial charge >= 0.3 is 0 Å². The van der Waals surface area contributed by atoms with Crippen LogP contribution >= 0.6 is 24.0 Å². The molecule has 0 heterocycles. The summed E-state index contributed by atoms with van der Waals surface area (Å²) in [6.45, 7) is 7.97. The monoisotopic (exact) mass is 361 g/mol. The number of halogens is 1. The first-order valence-electron chi connectivity index (χ1n) is 6.24. The number of aryl methyl sites for hydroxylation is 1. The van der Waals surface area contributed by atoms with E-state index in [1.165, 1.54) is 11.1 Å². The van der Waals surface area contributed by atoms with Gasteiger partial charge in [-0.05, 0) is 23.5 Å². The van der Waals surface area contributed by atoms with Crippen LogP contribution in [0.5, 0.6) is 0 Å². The van der Waals surface area contributed by atoms with Crippen LogP contribution in [-0.4, -0.2) is 12.5 Å². The van der Waals surface area contributed by atoms with Gasteiger partial charge < -0.3 is 11.1 Å². The van der Waals surface area contributed by atoms with Crippen LogP contribution in [0.15, 0.2) is 29.3 Å². The Kier molecular flexibility index (Phi) is 8.79. The van der Waals surface area contributed by atoms with Gasteiger partial charge in [0.2, 0.25) is 0 Å². The van der Waals surface area contributed by atoms with Gasteiger partial charge in [-0.2, -0.15) is 0 Å². The molecule has 4 heteroatoms. The second kappa shape index (κ2) is 9.19. The zero-order valence-corrected chi connectivity index (χ0v) is 13.8. The standard InChI is InChI=1S/C14H23N3.HI/c1-4-12-7-5-6-8-13(12)10-17-14(15)16-9-11(2)3;/h5-8,11H,4,9-10H2,1-3H3,(H3,15,16,17);1H. The fraction of sp³-hybridized carbons (Fsp3) is 0.500. The molecule has 0 aliphatic rings. The van der Waals surface area contributed by atoms with E-state index in [0.717, 1.165) is 13.0 Å². The Hall–Kier alpha value is -0.780. The van der Waals surface area contributed by atoms with E-state index >= 15 is 0 Å². The second-order valence-corrected chi connectivity index (χ2v) is 4.60. The first-order valence-corrected chi connectivity index (χ1v) is 6.24. The normalized spacial score (nSPS) is 11.2. The third kappa shape index (κ3) is 6.23. The number of guanidine groups is 1. The highest BCUT2D eigenvalue weighted by molar-refractivity contribution is 14.0. The quantitative estimate of drug-likeness (QED) is 0.481. The molecule has 1 aromatic carbocycles. The molecule has 3 N–H and O–H groups in total. The summed E-state index contributed by atoms with van der Waals surface area (Å²) in [7, 11) is 0. The predicted octanol–water partition coefficient (Wildman–Crippen LogP) is 2.93. The highest BCUT2D eigenvalue weighted by Gasteiger charge is 1.99. The first-order chi connectivity index (χ1) is 8.13. The van der Waals surface area contributed by atoms with Crippen molar-refractivity contribution in [2.45, 2.75) is 33.7 Å². The average Bonchev–Trinajstić information content (AvgIpc) is 2.34. The fourth-order valence-electron chi connectivity index (χ4n) is 1.59. The molecule has 0 saturated carbocycles. The van der Waals surface area contributed by atoms with Gasteiger partial charge in [-0.25, -0.2) is 4.99 Å². The molecule has 0 aliphatic heterocycles. The van der Waals surface area contributed by atoms with Crippen molar-refractivity contribution in [3.8, 4) is 0 Å². The van der Waals surface area contributed by atoms with Gasteiger partial charge in [0, 0.05) is 6.54 Å². The van der Waals surface area contributed by atoms with E-state index in [0.29, 0.717) is 18.4 Å². The Labute approximate surface area is 127 Å². The molecule has 0 saturated heterocycles. The van der Waals surface area contributed by atoms with Gasteiger partial charge in [0.15, 0.2) is 5.96 Å². The zero-order valence-electron chi connectivity index (χ0n) is 11.4. The van der Waals surface area contributed by atoms with Gasteiger partial charge in [0.05, 0.1) is 6.54 Å². The second-order valence-electron chi connectivity index (χ2n) is 4.60. The van der Waals surface area contributed by atoms with Crippen LogP contribution < -0.4 is 11.1 Å². The number of hydrogen-bond donors (Lipinski definition) is 2. The number of benzene rings is 1. The number of aliphatic imine (C=N–C) groups is 1. The molecule has 0 bridgehead atoms. The van der Waals surface area contributed by atoms with E-state index in [2.05, 4.69) is 49.3 Å². The molecule has 18 heavy (non-hydrogen) atoms. The van der Waals surface area contributed by atoms with Crippen LogP contribution in [0.4, 0.5) is 0 Å². The van der Waals surface area contributed by atoms with Crippen LogP contribution in [0.3, 0.4) is 0 Å². The van der Waals surface area contributed by atoms with Crippen molar-refractivity contribution in [1.82, 2.24) is 5.32 Å². The van der Waals surface area contributed by atoms with E-state index in [1.54, 1.807) is 0 Å². The van der Waals surface area contributed by atoms with Crippen molar-refractivity contribution in [3.63, 3.8) is 0 Å². The molecule has 0 fully saturated rings. The lowest BCUT2D eigenvalue weighted by molar-refractivity contribution is 0.622.